The first-order valence-electron chi connectivity index (χ1n) is 5.15. The second-order valence-electron chi connectivity index (χ2n) is 3.88. The van der Waals surface area contributed by atoms with Crippen LogP contribution < -0.4 is 4.74 Å². The van der Waals surface area contributed by atoms with Gasteiger partial charge in [0.2, 0.25) is 0 Å². The zero-order chi connectivity index (χ0) is 13.0. The molecule has 0 spiro atoms. The number of carbonyl (C=O) groups excluding carboxylic acids is 1. The molecule has 0 aliphatic carbocycles. The molecule has 1 aromatic carbocycles. The quantitative estimate of drug-likeness (QED) is 0.602. The van der Waals surface area contributed by atoms with E-state index in [1.807, 2.05) is 19.9 Å². The maximum absolute atomic E-state index is 11.6. The third-order valence-corrected chi connectivity index (χ3v) is 3.17. The zero-order valence-corrected chi connectivity index (χ0v) is 12.8. The van der Waals surface area contributed by atoms with Crippen molar-refractivity contribution in [3.8, 4) is 5.75 Å². The van der Waals surface area contributed by atoms with Gasteiger partial charge in [0, 0.05) is 9.49 Å². The SMILES string of the molecule is COC(=O)C(Oc1cc(I)ccc1Cl)C(C)C. The molecule has 0 fully saturated rings. The zero-order valence-electron chi connectivity index (χ0n) is 9.87. The molecule has 0 aliphatic rings. The van der Waals surface area contributed by atoms with Crippen LogP contribution in [0.2, 0.25) is 5.02 Å². The molecule has 1 unspecified atom stereocenters. The Morgan fingerprint density at radius 2 is 2.06 bits per heavy atom. The molecule has 0 N–H and O–H groups in total. The first-order chi connectivity index (χ1) is 7.95. The van der Waals surface area contributed by atoms with E-state index in [4.69, 9.17) is 21.1 Å². The highest BCUT2D eigenvalue weighted by molar-refractivity contribution is 14.1. The smallest absolute Gasteiger partial charge is 0.347 e. The molecule has 3 nitrogen and oxygen atoms in total. The topological polar surface area (TPSA) is 35.5 Å². The minimum Gasteiger partial charge on any atom is -0.477 e. The lowest BCUT2D eigenvalue weighted by atomic mass is 10.1. The number of hydrogen-bond donors (Lipinski definition) is 0. The summed E-state index contributed by atoms with van der Waals surface area (Å²) in [6.45, 7) is 3.78. The first kappa shape index (κ1) is 14.6. The molecule has 1 aromatic rings. The Kier molecular flexibility index (Phi) is 5.52. The summed E-state index contributed by atoms with van der Waals surface area (Å²) in [5.74, 6) is 0.119. The predicted octanol–water partition coefficient (Wildman–Crippen LogP) is 3.52. The van der Waals surface area contributed by atoms with Gasteiger partial charge in [-0.1, -0.05) is 25.4 Å². The minimum absolute atomic E-state index is 0.0105. The second-order valence-corrected chi connectivity index (χ2v) is 5.53. The van der Waals surface area contributed by atoms with Gasteiger partial charge in [-0.15, -0.1) is 0 Å². The molecule has 0 saturated heterocycles. The van der Waals surface area contributed by atoms with E-state index in [1.165, 1.54) is 7.11 Å². The van der Waals surface area contributed by atoms with E-state index in [9.17, 15) is 4.79 Å². The number of ether oxygens (including phenoxy) is 2. The van der Waals surface area contributed by atoms with Gasteiger partial charge in [0.15, 0.2) is 6.10 Å². The highest BCUT2D eigenvalue weighted by atomic mass is 127. The van der Waals surface area contributed by atoms with Gasteiger partial charge >= 0.3 is 5.97 Å². The summed E-state index contributed by atoms with van der Waals surface area (Å²) in [5.41, 5.74) is 0. The Morgan fingerprint density at radius 3 is 2.59 bits per heavy atom. The lowest BCUT2D eigenvalue weighted by Gasteiger charge is -2.20. The third-order valence-electron chi connectivity index (χ3n) is 2.19. The van der Waals surface area contributed by atoms with Gasteiger partial charge < -0.3 is 9.47 Å². The summed E-state index contributed by atoms with van der Waals surface area (Å²) in [5, 5.41) is 0.486. The van der Waals surface area contributed by atoms with Crippen LogP contribution in [0.1, 0.15) is 13.8 Å². The normalized spacial score (nSPS) is 12.4. The van der Waals surface area contributed by atoms with Crippen molar-refractivity contribution in [1.82, 2.24) is 0 Å². The maximum Gasteiger partial charge on any atom is 0.347 e. The highest BCUT2D eigenvalue weighted by Crippen LogP contribution is 2.28. The number of halogens is 2. The van der Waals surface area contributed by atoms with Crippen LogP contribution in [0.25, 0.3) is 0 Å². The summed E-state index contributed by atoms with van der Waals surface area (Å²) >= 11 is 8.17. The van der Waals surface area contributed by atoms with Crippen molar-refractivity contribution >= 4 is 40.2 Å². The van der Waals surface area contributed by atoms with Crippen LogP contribution in [0.4, 0.5) is 0 Å². The van der Waals surface area contributed by atoms with Gasteiger partial charge in [0.05, 0.1) is 12.1 Å². The molecule has 0 heterocycles. The maximum atomic E-state index is 11.6. The van der Waals surface area contributed by atoms with Crippen molar-refractivity contribution in [2.45, 2.75) is 20.0 Å². The van der Waals surface area contributed by atoms with E-state index in [-0.39, 0.29) is 5.92 Å². The van der Waals surface area contributed by atoms with Crippen molar-refractivity contribution in [1.29, 1.82) is 0 Å². The molecule has 0 aromatic heterocycles. The van der Waals surface area contributed by atoms with Crippen LogP contribution in [0.3, 0.4) is 0 Å². The predicted molar refractivity (Wildman–Crippen MR) is 75.4 cm³/mol. The first-order valence-corrected chi connectivity index (χ1v) is 6.61. The fraction of sp³-hybridized carbons (Fsp3) is 0.417. The lowest BCUT2D eigenvalue weighted by molar-refractivity contribution is -0.150. The van der Waals surface area contributed by atoms with Gasteiger partial charge in [-0.25, -0.2) is 4.79 Å². The van der Waals surface area contributed by atoms with E-state index >= 15 is 0 Å². The van der Waals surface area contributed by atoms with Crippen LogP contribution in [0.15, 0.2) is 18.2 Å². The Labute approximate surface area is 120 Å². The minimum atomic E-state index is -0.643. The van der Waals surface area contributed by atoms with Crippen LogP contribution in [-0.2, 0) is 9.53 Å². The molecule has 1 rings (SSSR count). The fourth-order valence-corrected chi connectivity index (χ4v) is 1.90. The summed E-state index contributed by atoms with van der Waals surface area (Å²) in [6.07, 6.45) is -0.643. The van der Waals surface area contributed by atoms with Crippen molar-refractivity contribution < 1.29 is 14.3 Å². The van der Waals surface area contributed by atoms with Gasteiger partial charge in [-0.2, -0.15) is 0 Å². The van der Waals surface area contributed by atoms with E-state index in [2.05, 4.69) is 22.6 Å². The number of hydrogen-bond acceptors (Lipinski definition) is 3. The van der Waals surface area contributed by atoms with Crippen molar-refractivity contribution in [2.24, 2.45) is 5.92 Å². The Balaban J connectivity index is 2.93. The molecule has 5 heteroatoms. The number of esters is 1. The van der Waals surface area contributed by atoms with Crippen LogP contribution in [0, 0.1) is 9.49 Å². The average molecular weight is 369 g/mol. The molecule has 1 atom stereocenters. The van der Waals surface area contributed by atoms with E-state index < -0.39 is 12.1 Å². The number of methoxy groups -OCH3 is 1. The molecule has 94 valence electrons. The molecule has 0 amide bonds. The Morgan fingerprint density at radius 1 is 1.41 bits per heavy atom. The average Bonchev–Trinajstić information content (AvgIpc) is 2.28. The Hall–Kier alpha value is -0.490. The van der Waals surface area contributed by atoms with Crippen LogP contribution >= 0.6 is 34.2 Å². The highest BCUT2D eigenvalue weighted by Gasteiger charge is 2.25. The summed E-state index contributed by atoms with van der Waals surface area (Å²) in [6, 6.07) is 5.41. The number of rotatable bonds is 4. The summed E-state index contributed by atoms with van der Waals surface area (Å²) in [7, 11) is 1.34. The number of benzene rings is 1. The molecule has 0 bridgehead atoms. The van der Waals surface area contributed by atoms with Crippen molar-refractivity contribution in [2.75, 3.05) is 7.11 Å². The fourth-order valence-electron chi connectivity index (χ4n) is 1.28. The van der Waals surface area contributed by atoms with Crippen molar-refractivity contribution in [3.05, 3.63) is 26.8 Å². The second kappa shape index (κ2) is 6.44. The molecule has 0 aliphatic heterocycles. The van der Waals surface area contributed by atoms with Gasteiger partial charge in [-0.05, 0) is 40.8 Å². The van der Waals surface area contributed by atoms with Gasteiger partial charge in [0.1, 0.15) is 5.75 Å². The third kappa shape index (κ3) is 4.03. The lowest BCUT2D eigenvalue weighted by Crippen LogP contribution is -2.33. The molecular weight excluding hydrogens is 354 g/mol. The van der Waals surface area contributed by atoms with Gasteiger partial charge in [-0.3, -0.25) is 0 Å². The van der Waals surface area contributed by atoms with Crippen molar-refractivity contribution in [3.63, 3.8) is 0 Å². The molecule has 0 saturated carbocycles. The summed E-state index contributed by atoms with van der Waals surface area (Å²) in [4.78, 5) is 11.6. The van der Waals surface area contributed by atoms with Gasteiger partial charge in [0.25, 0.3) is 0 Å². The number of carbonyl (C=O) groups is 1. The van der Waals surface area contributed by atoms with E-state index in [0.717, 1.165) is 3.57 Å². The largest absolute Gasteiger partial charge is 0.477 e. The molecule has 0 radical (unpaired) electrons. The monoisotopic (exact) mass is 368 g/mol. The Bertz CT molecular complexity index is 407. The van der Waals surface area contributed by atoms with E-state index in [1.54, 1.807) is 12.1 Å². The molecule has 17 heavy (non-hydrogen) atoms. The summed E-state index contributed by atoms with van der Waals surface area (Å²) < 4.78 is 11.3. The van der Waals surface area contributed by atoms with E-state index in [0.29, 0.717) is 10.8 Å². The molecular formula is C12H14ClIO3. The van der Waals surface area contributed by atoms with Crippen LogP contribution in [-0.4, -0.2) is 19.2 Å². The standard InChI is InChI=1S/C12H14ClIO3/c1-7(2)11(12(15)16-3)17-10-6-8(14)4-5-9(10)13/h4-7,11H,1-3H3. The van der Waals surface area contributed by atoms with Crippen LogP contribution in [0.5, 0.6) is 5.75 Å².